The predicted octanol–water partition coefficient (Wildman–Crippen LogP) is 3.13. The highest BCUT2D eigenvalue weighted by molar-refractivity contribution is 5.79. The molecule has 130 valence electrons. The molecule has 0 aliphatic heterocycles. The van der Waals surface area contributed by atoms with Gasteiger partial charge in [0.05, 0.1) is 5.69 Å². The number of nitrogens with zero attached hydrogens (tertiary/aromatic N) is 4. The van der Waals surface area contributed by atoms with Crippen molar-refractivity contribution < 1.29 is 0 Å². The first kappa shape index (κ1) is 18.0. The lowest BCUT2D eigenvalue weighted by molar-refractivity contribution is 0.455. The number of allylic oxidation sites excluding steroid dienone is 1. The summed E-state index contributed by atoms with van der Waals surface area (Å²) in [6.45, 7) is 5.61. The minimum atomic E-state index is 0.831. The summed E-state index contributed by atoms with van der Waals surface area (Å²) in [7, 11) is 3.93. The molecule has 0 unspecified atom stereocenters. The topological polar surface area (TPSA) is 44.9 Å². The SMILES string of the molecule is C=CCCCCCN(C)C(=NC)NCCc1cn2ccccc2n1. The van der Waals surface area contributed by atoms with Crippen LogP contribution in [0.25, 0.3) is 5.65 Å². The molecule has 0 radical (unpaired) electrons. The second-order valence-electron chi connectivity index (χ2n) is 5.98. The molecule has 2 rings (SSSR count). The molecule has 0 aliphatic rings. The summed E-state index contributed by atoms with van der Waals surface area (Å²) >= 11 is 0. The van der Waals surface area contributed by atoms with Gasteiger partial charge in [-0.25, -0.2) is 4.98 Å². The highest BCUT2D eigenvalue weighted by Gasteiger charge is 2.06. The number of hydrogen-bond donors (Lipinski definition) is 1. The fourth-order valence-electron chi connectivity index (χ4n) is 2.72. The van der Waals surface area contributed by atoms with Crippen LogP contribution in [-0.4, -0.2) is 47.4 Å². The van der Waals surface area contributed by atoms with Gasteiger partial charge in [0.1, 0.15) is 5.65 Å². The number of hydrogen-bond acceptors (Lipinski definition) is 2. The van der Waals surface area contributed by atoms with Crippen LogP contribution in [0.5, 0.6) is 0 Å². The van der Waals surface area contributed by atoms with Crippen molar-refractivity contribution in [3.05, 3.63) is 48.9 Å². The Morgan fingerprint density at radius 3 is 3.00 bits per heavy atom. The van der Waals surface area contributed by atoms with E-state index in [2.05, 4.69) is 44.4 Å². The van der Waals surface area contributed by atoms with E-state index in [1.807, 2.05) is 37.5 Å². The highest BCUT2D eigenvalue weighted by atomic mass is 15.3. The van der Waals surface area contributed by atoms with Crippen molar-refractivity contribution >= 4 is 11.6 Å². The fourth-order valence-corrected chi connectivity index (χ4v) is 2.72. The van der Waals surface area contributed by atoms with Gasteiger partial charge in [0.15, 0.2) is 5.96 Å². The molecule has 0 bridgehead atoms. The molecule has 2 heterocycles. The van der Waals surface area contributed by atoms with Gasteiger partial charge in [-0.05, 0) is 31.4 Å². The van der Waals surface area contributed by atoms with Crippen LogP contribution in [0, 0.1) is 0 Å². The molecular weight excluding hydrogens is 298 g/mol. The first-order valence-corrected chi connectivity index (χ1v) is 8.70. The van der Waals surface area contributed by atoms with E-state index in [0.29, 0.717) is 0 Å². The lowest BCUT2D eigenvalue weighted by atomic mass is 10.2. The Bertz CT molecular complexity index is 626. The highest BCUT2D eigenvalue weighted by Crippen LogP contribution is 2.05. The smallest absolute Gasteiger partial charge is 0.193 e. The normalized spacial score (nSPS) is 11.7. The van der Waals surface area contributed by atoms with E-state index in [1.165, 1.54) is 19.3 Å². The summed E-state index contributed by atoms with van der Waals surface area (Å²) in [5, 5.41) is 3.42. The fraction of sp³-hybridized carbons (Fsp3) is 0.474. The zero-order chi connectivity index (χ0) is 17.2. The van der Waals surface area contributed by atoms with Crippen molar-refractivity contribution in [1.82, 2.24) is 19.6 Å². The molecule has 0 aromatic carbocycles. The van der Waals surface area contributed by atoms with E-state index >= 15 is 0 Å². The van der Waals surface area contributed by atoms with E-state index in [4.69, 9.17) is 0 Å². The molecule has 0 spiro atoms. The molecule has 5 nitrogen and oxygen atoms in total. The van der Waals surface area contributed by atoms with Gasteiger partial charge in [0, 0.05) is 46.0 Å². The Kier molecular flexibility index (Phi) is 7.33. The van der Waals surface area contributed by atoms with Gasteiger partial charge in [-0.15, -0.1) is 6.58 Å². The molecule has 0 amide bonds. The Hall–Kier alpha value is -2.30. The van der Waals surface area contributed by atoms with Crippen LogP contribution in [-0.2, 0) is 6.42 Å². The number of pyridine rings is 1. The second kappa shape index (κ2) is 9.75. The average molecular weight is 327 g/mol. The number of imidazole rings is 1. The summed E-state index contributed by atoms with van der Waals surface area (Å²) in [5.74, 6) is 0.947. The molecule has 0 fully saturated rings. The quantitative estimate of drug-likeness (QED) is 0.333. The molecule has 0 aliphatic carbocycles. The molecule has 0 saturated heterocycles. The van der Waals surface area contributed by atoms with Crippen molar-refractivity contribution in [3.8, 4) is 0 Å². The Balaban J connectivity index is 1.73. The van der Waals surface area contributed by atoms with Gasteiger partial charge in [-0.3, -0.25) is 4.99 Å². The van der Waals surface area contributed by atoms with Crippen LogP contribution in [0.15, 0.2) is 48.2 Å². The van der Waals surface area contributed by atoms with Gasteiger partial charge in [-0.1, -0.05) is 18.6 Å². The molecule has 2 aromatic rings. The number of rotatable bonds is 9. The number of aromatic nitrogens is 2. The standard InChI is InChI=1S/C19H29N5/c1-4-5-6-7-9-14-23(3)19(20-2)21-13-12-17-16-24-15-10-8-11-18(24)22-17/h4,8,10-11,15-16H,1,5-7,9,12-14H2,2-3H3,(H,20,21). The van der Waals surface area contributed by atoms with E-state index in [-0.39, 0.29) is 0 Å². The number of fused-ring (bicyclic) bond motifs is 1. The summed E-state index contributed by atoms with van der Waals surface area (Å²) in [6.07, 6.45) is 11.7. The summed E-state index contributed by atoms with van der Waals surface area (Å²) in [4.78, 5) is 11.2. The number of unbranched alkanes of at least 4 members (excludes halogenated alkanes) is 3. The Morgan fingerprint density at radius 2 is 2.25 bits per heavy atom. The summed E-state index contributed by atoms with van der Waals surface area (Å²) in [5.41, 5.74) is 2.09. The first-order chi connectivity index (χ1) is 11.7. The molecule has 2 aromatic heterocycles. The maximum Gasteiger partial charge on any atom is 0.193 e. The van der Waals surface area contributed by atoms with E-state index in [0.717, 1.165) is 43.2 Å². The van der Waals surface area contributed by atoms with Crippen molar-refractivity contribution in [2.45, 2.75) is 32.1 Å². The van der Waals surface area contributed by atoms with Crippen molar-refractivity contribution in [1.29, 1.82) is 0 Å². The van der Waals surface area contributed by atoms with Gasteiger partial charge >= 0.3 is 0 Å². The maximum atomic E-state index is 4.62. The van der Waals surface area contributed by atoms with E-state index in [9.17, 15) is 0 Å². The van der Waals surface area contributed by atoms with E-state index < -0.39 is 0 Å². The molecule has 24 heavy (non-hydrogen) atoms. The summed E-state index contributed by atoms with van der Waals surface area (Å²) < 4.78 is 2.06. The van der Waals surface area contributed by atoms with Crippen LogP contribution < -0.4 is 5.32 Å². The van der Waals surface area contributed by atoms with Gasteiger partial charge in [0.25, 0.3) is 0 Å². The average Bonchev–Trinajstić information content (AvgIpc) is 3.01. The van der Waals surface area contributed by atoms with Gasteiger partial charge in [0.2, 0.25) is 0 Å². The predicted molar refractivity (Wildman–Crippen MR) is 102 cm³/mol. The van der Waals surface area contributed by atoms with Crippen LogP contribution >= 0.6 is 0 Å². The zero-order valence-electron chi connectivity index (χ0n) is 14.9. The third-order valence-electron chi connectivity index (χ3n) is 4.05. The number of aliphatic imine (C=N–C) groups is 1. The minimum absolute atomic E-state index is 0.831. The molecular formula is C19H29N5. The summed E-state index contributed by atoms with van der Waals surface area (Å²) in [6, 6.07) is 6.05. The largest absolute Gasteiger partial charge is 0.356 e. The molecule has 1 N–H and O–H groups in total. The van der Waals surface area contributed by atoms with Crippen LogP contribution in [0.1, 0.15) is 31.4 Å². The van der Waals surface area contributed by atoms with Gasteiger partial charge < -0.3 is 14.6 Å². The Labute approximate surface area is 145 Å². The zero-order valence-corrected chi connectivity index (χ0v) is 14.9. The number of guanidine groups is 1. The van der Waals surface area contributed by atoms with Crippen molar-refractivity contribution in [2.24, 2.45) is 4.99 Å². The maximum absolute atomic E-state index is 4.62. The van der Waals surface area contributed by atoms with Crippen LogP contribution in [0.3, 0.4) is 0 Å². The van der Waals surface area contributed by atoms with E-state index in [1.54, 1.807) is 0 Å². The second-order valence-corrected chi connectivity index (χ2v) is 5.98. The van der Waals surface area contributed by atoms with Crippen molar-refractivity contribution in [2.75, 3.05) is 27.2 Å². The lowest BCUT2D eigenvalue weighted by Crippen LogP contribution is -2.40. The lowest BCUT2D eigenvalue weighted by Gasteiger charge is -2.21. The van der Waals surface area contributed by atoms with Crippen molar-refractivity contribution in [3.63, 3.8) is 0 Å². The number of nitrogens with one attached hydrogen (secondary N) is 1. The van der Waals surface area contributed by atoms with Gasteiger partial charge in [-0.2, -0.15) is 0 Å². The molecule has 5 heteroatoms. The molecule has 0 atom stereocenters. The third kappa shape index (κ3) is 5.41. The minimum Gasteiger partial charge on any atom is -0.356 e. The Morgan fingerprint density at radius 1 is 1.38 bits per heavy atom. The van der Waals surface area contributed by atoms with Crippen LogP contribution in [0.2, 0.25) is 0 Å². The monoisotopic (exact) mass is 327 g/mol. The molecule has 0 saturated carbocycles. The first-order valence-electron chi connectivity index (χ1n) is 8.70. The third-order valence-corrected chi connectivity index (χ3v) is 4.05. The van der Waals surface area contributed by atoms with Crippen LogP contribution in [0.4, 0.5) is 0 Å².